The van der Waals surface area contributed by atoms with Crippen LogP contribution in [0.1, 0.15) is 25.3 Å². The molecular weight excluding hydrogens is 410 g/mol. The maximum atomic E-state index is 9.84. The molecule has 5 rings (SSSR count). The van der Waals surface area contributed by atoms with E-state index in [0.717, 1.165) is 59.6 Å². The normalized spacial score (nSPS) is 21.0. The second kappa shape index (κ2) is 8.54. The zero-order chi connectivity index (χ0) is 22.9. The summed E-state index contributed by atoms with van der Waals surface area (Å²) in [5.74, 6) is -0.797. The molecule has 3 aromatic rings. The Labute approximate surface area is 193 Å². The van der Waals surface area contributed by atoms with E-state index in [2.05, 4.69) is 67.9 Å². The lowest BCUT2D eigenvalue weighted by molar-refractivity contribution is 0.589. The zero-order valence-corrected chi connectivity index (χ0v) is 18.8. The Balaban J connectivity index is 1.54. The molecule has 7 heteroatoms. The number of anilines is 1. The van der Waals surface area contributed by atoms with Crippen LogP contribution in [0.3, 0.4) is 0 Å². The molecule has 0 amide bonds. The van der Waals surface area contributed by atoms with E-state index in [-0.39, 0.29) is 5.92 Å². The quantitative estimate of drug-likeness (QED) is 0.644. The number of rotatable bonds is 3. The molecule has 0 spiro atoms. The lowest BCUT2D eigenvalue weighted by Crippen LogP contribution is -2.43. The molecular formula is C26H25N7. The van der Waals surface area contributed by atoms with Crippen LogP contribution in [0.2, 0.25) is 0 Å². The van der Waals surface area contributed by atoms with Gasteiger partial charge in [-0.25, -0.2) is 0 Å². The third kappa shape index (κ3) is 3.67. The van der Waals surface area contributed by atoms with Crippen LogP contribution >= 0.6 is 0 Å². The molecule has 33 heavy (non-hydrogen) atoms. The van der Waals surface area contributed by atoms with Crippen LogP contribution < -0.4 is 10.2 Å². The van der Waals surface area contributed by atoms with Gasteiger partial charge in [0.1, 0.15) is 0 Å². The number of allylic oxidation sites excluding steroid dienone is 2. The molecule has 0 saturated carbocycles. The van der Waals surface area contributed by atoms with Gasteiger partial charge in [0, 0.05) is 54.4 Å². The highest BCUT2D eigenvalue weighted by molar-refractivity contribution is 5.95. The SMILES string of the molecule is CC1=NC(C)=C(C#N)C(c2ccc3[nH]nc(-c4ccc(N5CCNCC5)cc4)c3c2)C1C#N. The lowest BCUT2D eigenvalue weighted by Gasteiger charge is -2.29. The lowest BCUT2D eigenvalue weighted by atomic mass is 9.76. The topological polar surface area (TPSA) is 104 Å². The first-order valence-electron chi connectivity index (χ1n) is 11.2. The minimum Gasteiger partial charge on any atom is -0.369 e. The third-order valence-electron chi connectivity index (χ3n) is 6.66. The average Bonchev–Trinajstić information content (AvgIpc) is 3.27. The molecule has 0 radical (unpaired) electrons. The summed E-state index contributed by atoms with van der Waals surface area (Å²) in [7, 11) is 0. The van der Waals surface area contributed by atoms with Gasteiger partial charge in [-0.15, -0.1) is 0 Å². The Morgan fingerprint density at radius 1 is 1.03 bits per heavy atom. The summed E-state index contributed by atoms with van der Waals surface area (Å²) in [4.78, 5) is 6.84. The Kier molecular flexibility index (Phi) is 5.42. The van der Waals surface area contributed by atoms with E-state index in [0.29, 0.717) is 11.3 Å². The van der Waals surface area contributed by atoms with E-state index in [9.17, 15) is 10.5 Å². The Bertz CT molecular complexity index is 1340. The molecule has 2 N–H and O–H groups in total. The van der Waals surface area contributed by atoms with Crippen molar-refractivity contribution in [3.8, 4) is 23.4 Å². The molecule has 0 bridgehead atoms. The number of hydrogen-bond donors (Lipinski definition) is 2. The molecule has 1 fully saturated rings. The number of H-pyrrole nitrogens is 1. The highest BCUT2D eigenvalue weighted by atomic mass is 15.2. The number of nitrogens with zero attached hydrogens (tertiary/aromatic N) is 5. The number of piperazine rings is 1. The largest absolute Gasteiger partial charge is 0.369 e. The molecule has 2 aromatic carbocycles. The second-order valence-electron chi connectivity index (χ2n) is 8.61. The van der Waals surface area contributed by atoms with Crippen molar-refractivity contribution in [2.45, 2.75) is 19.8 Å². The van der Waals surface area contributed by atoms with Gasteiger partial charge in [0.2, 0.25) is 0 Å². The second-order valence-corrected chi connectivity index (χ2v) is 8.61. The van der Waals surface area contributed by atoms with Crippen LogP contribution in [0.4, 0.5) is 5.69 Å². The van der Waals surface area contributed by atoms with Crippen molar-refractivity contribution in [1.82, 2.24) is 15.5 Å². The van der Waals surface area contributed by atoms with E-state index in [1.807, 2.05) is 26.0 Å². The number of hydrogen-bond acceptors (Lipinski definition) is 6. The molecule has 2 atom stereocenters. The fraction of sp³-hybridized carbons (Fsp3) is 0.308. The summed E-state index contributed by atoms with van der Waals surface area (Å²) in [6.45, 7) is 7.72. The van der Waals surface area contributed by atoms with Crippen LogP contribution in [0.15, 0.2) is 58.7 Å². The van der Waals surface area contributed by atoms with Gasteiger partial charge in [0.15, 0.2) is 0 Å². The van der Waals surface area contributed by atoms with Gasteiger partial charge in [-0.05, 0) is 43.7 Å². The van der Waals surface area contributed by atoms with Crippen molar-refractivity contribution in [3.63, 3.8) is 0 Å². The van der Waals surface area contributed by atoms with Crippen molar-refractivity contribution in [1.29, 1.82) is 10.5 Å². The maximum absolute atomic E-state index is 9.84. The van der Waals surface area contributed by atoms with Gasteiger partial charge in [0.25, 0.3) is 0 Å². The van der Waals surface area contributed by atoms with Gasteiger partial charge in [-0.2, -0.15) is 15.6 Å². The Morgan fingerprint density at radius 3 is 2.48 bits per heavy atom. The van der Waals surface area contributed by atoms with Crippen molar-refractivity contribution in [3.05, 3.63) is 59.3 Å². The van der Waals surface area contributed by atoms with Gasteiger partial charge in [0.05, 0.1) is 40.5 Å². The van der Waals surface area contributed by atoms with Crippen LogP contribution in [-0.2, 0) is 0 Å². The summed E-state index contributed by atoms with van der Waals surface area (Å²) in [5.41, 5.74) is 6.95. The zero-order valence-electron chi connectivity index (χ0n) is 18.8. The van der Waals surface area contributed by atoms with Crippen LogP contribution in [0.5, 0.6) is 0 Å². The van der Waals surface area contributed by atoms with E-state index in [1.165, 1.54) is 5.69 Å². The molecule has 2 aliphatic heterocycles. The molecule has 0 aliphatic carbocycles. The molecule has 3 heterocycles. The fourth-order valence-electron chi connectivity index (χ4n) is 4.90. The van der Waals surface area contributed by atoms with Gasteiger partial charge in [-0.3, -0.25) is 10.1 Å². The van der Waals surface area contributed by atoms with E-state index in [1.54, 1.807) is 0 Å². The smallest absolute Gasteiger partial charge is 0.0999 e. The molecule has 2 unspecified atom stereocenters. The summed E-state index contributed by atoms with van der Waals surface area (Å²) in [6.07, 6.45) is 0. The number of aromatic nitrogens is 2. The number of nitriles is 2. The summed E-state index contributed by atoms with van der Waals surface area (Å²) in [6, 6.07) is 19.2. The van der Waals surface area contributed by atoms with Gasteiger partial charge < -0.3 is 10.2 Å². The van der Waals surface area contributed by atoms with Crippen molar-refractivity contribution in [2.75, 3.05) is 31.1 Å². The molecule has 1 saturated heterocycles. The Morgan fingerprint density at radius 2 is 1.79 bits per heavy atom. The summed E-state index contributed by atoms with van der Waals surface area (Å²) in [5, 5.41) is 31.7. The fourth-order valence-corrected chi connectivity index (χ4v) is 4.90. The minimum absolute atomic E-state index is 0.334. The number of fused-ring (bicyclic) bond motifs is 1. The predicted molar refractivity (Wildman–Crippen MR) is 130 cm³/mol. The van der Waals surface area contributed by atoms with E-state index >= 15 is 0 Å². The first-order chi connectivity index (χ1) is 16.1. The van der Waals surface area contributed by atoms with Gasteiger partial charge in [-0.1, -0.05) is 18.2 Å². The Hall–Kier alpha value is -3.94. The molecule has 7 nitrogen and oxygen atoms in total. The van der Waals surface area contributed by atoms with Crippen molar-refractivity contribution >= 4 is 22.3 Å². The molecule has 164 valence electrons. The van der Waals surface area contributed by atoms with Crippen LogP contribution in [0, 0.1) is 28.6 Å². The third-order valence-corrected chi connectivity index (χ3v) is 6.66. The van der Waals surface area contributed by atoms with Crippen LogP contribution in [-0.4, -0.2) is 42.1 Å². The number of benzene rings is 2. The molecule has 2 aliphatic rings. The molecule has 1 aromatic heterocycles. The van der Waals surface area contributed by atoms with Crippen molar-refractivity contribution < 1.29 is 0 Å². The minimum atomic E-state index is -0.463. The summed E-state index contributed by atoms with van der Waals surface area (Å²) >= 11 is 0. The average molecular weight is 436 g/mol. The maximum Gasteiger partial charge on any atom is 0.0999 e. The first-order valence-corrected chi connectivity index (χ1v) is 11.2. The predicted octanol–water partition coefficient (Wildman–Crippen LogP) is 4.13. The van der Waals surface area contributed by atoms with Gasteiger partial charge >= 0.3 is 0 Å². The monoisotopic (exact) mass is 435 g/mol. The first kappa shape index (κ1) is 20.9. The van der Waals surface area contributed by atoms with E-state index < -0.39 is 5.92 Å². The highest BCUT2D eigenvalue weighted by Gasteiger charge is 2.34. The van der Waals surface area contributed by atoms with Crippen molar-refractivity contribution in [2.24, 2.45) is 10.9 Å². The van der Waals surface area contributed by atoms with E-state index in [4.69, 9.17) is 0 Å². The van der Waals surface area contributed by atoms with Crippen LogP contribution in [0.25, 0.3) is 22.2 Å². The number of aromatic amines is 1. The number of nitrogens with one attached hydrogen (secondary N) is 2. The number of aliphatic imine (C=N–C) groups is 1. The highest BCUT2D eigenvalue weighted by Crippen LogP contribution is 2.40. The summed E-state index contributed by atoms with van der Waals surface area (Å²) < 4.78 is 0. The standard InChI is InChI=1S/C26H25N7/c1-16-22(14-27)25(23(15-28)17(2)30-16)19-5-8-24-21(13-19)26(32-31-24)18-3-6-20(7-4-18)33-11-9-29-10-12-33/h3-8,13,22,25,29H,9-12H2,1-2H3,(H,31,32).